The molecule has 2 N–H and O–H groups in total. The fourth-order valence-corrected chi connectivity index (χ4v) is 4.20. The molecule has 0 aromatic rings. The van der Waals surface area contributed by atoms with Gasteiger partial charge < -0.3 is 15.1 Å². The molecule has 1 aliphatic rings. The number of aliphatic hydroxyl groups is 2. The van der Waals surface area contributed by atoms with Crippen molar-refractivity contribution in [2.45, 2.75) is 13.3 Å². The number of aliphatic hydroxyl groups excluding tert-OH is 2. The van der Waals surface area contributed by atoms with Gasteiger partial charge in [-0.3, -0.25) is 0 Å². The van der Waals surface area contributed by atoms with Crippen LogP contribution >= 0.6 is 0 Å². The van der Waals surface area contributed by atoms with Gasteiger partial charge in [0.15, 0.2) is 0 Å². The third-order valence-electron chi connectivity index (χ3n) is 3.66. The van der Waals surface area contributed by atoms with Crippen LogP contribution in [-0.2, 0) is 10.0 Å². The van der Waals surface area contributed by atoms with Gasteiger partial charge in [-0.1, -0.05) is 6.92 Å². The molecule has 0 aliphatic carbocycles. The highest BCUT2D eigenvalue weighted by atomic mass is 32.2. The van der Waals surface area contributed by atoms with Crippen molar-refractivity contribution in [1.29, 1.82) is 0 Å². The van der Waals surface area contributed by atoms with Crippen molar-refractivity contribution < 1.29 is 18.6 Å². The molecule has 0 aromatic carbocycles. The van der Waals surface area contributed by atoms with Gasteiger partial charge in [0, 0.05) is 38.7 Å². The van der Waals surface area contributed by atoms with Gasteiger partial charge in [0.25, 0.3) is 0 Å². The van der Waals surface area contributed by atoms with Crippen LogP contribution in [0.25, 0.3) is 0 Å². The van der Waals surface area contributed by atoms with E-state index in [-0.39, 0.29) is 30.8 Å². The summed E-state index contributed by atoms with van der Waals surface area (Å²) < 4.78 is 25.6. The lowest BCUT2D eigenvalue weighted by molar-refractivity contribution is 0.160. The number of hydrogen-bond donors (Lipinski definition) is 2. The minimum absolute atomic E-state index is 0.00669. The van der Waals surface area contributed by atoms with Crippen molar-refractivity contribution in [2.24, 2.45) is 11.8 Å². The monoisotopic (exact) mass is 294 g/mol. The molecule has 0 spiro atoms. The van der Waals surface area contributed by atoms with Crippen LogP contribution in [0.5, 0.6) is 0 Å². The van der Waals surface area contributed by atoms with E-state index in [0.29, 0.717) is 32.6 Å². The molecule has 7 heteroatoms. The van der Waals surface area contributed by atoms with Crippen molar-refractivity contribution in [3.05, 3.63) is 0 Å². The molecule has 0 bridgehead atoms. The lowest BCUT2D eigenvalue weighted by atomic mass is 9.96. The van der Waals surface area contributed by atoms with Crippen molar-refractivity contribution in [2.75, 3.05) is 52.2 Å². The van der Waals surface area contributed by atoms with Gasteiger partial charge in [-0.05, 0) is 19.4 Å². The summed E-state index contributed by atoms with van der Waals surface area (Å²) in [5.74, 6) is 0.297. The number of sulfonamides is 1. The van der Waals surface area contributed by atoms with Gasteiger partial charge in [-0.2, -0.15) is 0 Å². The molecule has 1 saturated heterocycles. The zero-order chi connectivity index (χ0) is 14.5. The maximum Gasteiger partial charge on any atom is 0.214 e. The van der Waals surface area contributed by atoms with Gasteiger partial charge >= 0.3 is 0 Å². The summed E-state index contributed by atoms with van der Waals surface area (Å²) in [5.41, 5.74) is 0. The molecule has 19 heavy (non-hydrogen) atoms. The van der Waals surface area contributed by atoms with E-state index in [1.165, 1.54) is 4.31 Å². The highest BCUT2D eigenvalue weighted by Gasteiger charge is 2.38. The van der Waals surface area contributed by atoms with E-state index >= 15 is 0 Å². The van der Waals surface area contributed by atoms with Gasteiger partial charge in [0.05, 0.1) is 12.4 Å². The maximum absolute atomic E-state index is 12.0. The number of likely N-dealkylation sites (N-methyl/N-ethyl adjacent to an activating group) is 1. The standard InChI is InChI=1S/C12H26N2O4S/c1-3-6-19(17,18)14-8-11(12(9-14)10-16)7-13(2)4-5-15/h11-12,15-16H,3-10H2,1-2H3/t11-,12-/m1/s1. The van der Waals surface area contributed by atoms with Crippen molar-refractivity contribution in [3.8, 4) is 0 Å². The Hall–Kier alpha value is -0.210. The normalized spacial score (nSPS) is 25.3. The van der Waals surface area contributed by atoms with E-state index in [1.54, 1.807) is 0 Å². The molecule has 1 fully saturated rings. The van der Waals surface area contributed by atoms with Gasteiger partial charge in [0.1, 0.15) is 0 Å². The Kier molecular flexibility index (Phi) is 6.68. The number of hydrogen-bond acceptors (Lipinski definition) is 5. The van der Waals surface area contributed by atoms with Crippen LogP contribution in [0.15, 0.2) is 0 Å². The first-order valence-electron chi connectivity index (χ1n) is 6.82. The molecule has 0 unspecified atom stereocenters. The lowest BCUT2D eigenvalue weighted by Crippen LogP contribution is -2.34. The first-order chi connectivity index (χ1) is 8.94. The first kappa shape index (κ1) is 16.8. The SMILES string of the molecule is CCCS(=O)(=O)N1C[C@@H](CN(C)CCO)[C@@H](CO)C1. The molecule has 1 aliphatic heterocycles. The summed E-state index contributed by atoms with van der Waals surface area (Å²) in [5, 5.41) is 18.3. The third kappa shape index (κ3) is 4.68. The summed E-state index contributed by atoms with van der Waals surface area (Å²) in [6, 6.07) is 0. The largest absolute Gasteiger partial charge is 0.396 e. The summed E-state index contributed by atoms with van der Waals surface area (Å²) in [6.07, 6.45) is 0.609. The molecule has 2 atom stereocenters. The van der Waals surface area contributed by atoms with E-state index < -0.39 is 10.0 Å². The summed E-state index contributed by atoms with van der Waals surface area (Å²) in [6.45, 7) is 4.10. The molecular formula is C12H26N2O4S. The highest BCUT2D eigenvalue weighted by molar-refractivity contribution is 7.89. The second-order valence-electron chi connectivity index (χ2n) is 5.32. The zero-order valence-electron chi connectivity index (χ0n) is 11.8. The van der Waals surface area contributed by atoms with Gasteiger partial charge in [0.2, 0.25) is 10.0 Å². The Labute approximate surface area is 116 Å². The van der Waals surface area contributed by atoms with Gasteiger partial charge in [-0.15, -0.1) is 0 Å². The zero-order valence-corrected chi connectivity index (χ0v) is 12.6. The van der Waals surface area contributed by atoms with Crippen molar-refractivity contribution >= 4 is 10.0 Å². The van der Waals surface area contributed by atoms with Crippen LogP contribution in [-0.4, -0.2) is 80.0 Å². The third-order valence-corrected chi connectivity index (χ3v) is 5.67. The average Bonchev–Trinajstić information content (AvgIpc) is 2.73. The minimum Gasteiger partial charge on any atom is -0.396 e. The summed E-state index contributed by atoms with van der Waals surface area (Å²) >= 11 is 0. The quantitative estimate of drug-likeness (QED) is 0.612. The Morgan fingerprint density at radius 3 is 2.42 bits per heavy atom. The van der Waals surface area contributed by atoms with E-state index in [9.17, 15) is 13.5 Å². The lowest BCUT2D eigenvalue weighted by Gasteiger charge is -2.23. The summed E-state index contributed by atoms with van der Waals surface area (Å²) in [7, 11) is -1.28. The fourth-order valence-electron chi connectivity index (χ4n) is 2.59. The fraction of sp³-hybridized carbons (Fsp3) is 1.00. The molecule has 1 heterocycles. The summed E-state index contributed by atoms with van der Waals surface area (Å²) in [4.78, 5) is 1.98. The van der Waals surface area contributed by atoms with Gasteiger partial charge in [-0.25, -0.2) is 12.7 Å². The number of nitrogens with zero attached hydrogens (tertiary/aromatic N) is 2. The highest BCUT2D eigenvalue weighted by Crippen LogP contribution is 2.26. The Balaban J connectivity index is 2.64. The van der Waals surface area contributed by atoms with Crippen LogP contribution in [0.2, 0.25) is 0 Å². The molecule has 0 aromatic heterocycles. The van der Waals surface area contributed by atoms with Crippen LogP contribution in [0.3, 0.4) is 0 Å². The predicted octanol–water partition coefficient (Wildman–Crippen LogP) is -0.809. The minimum atomic E-state index is -3.18. The van der Waals surface area contributed by atoms with Crippen LogP contribution < -0.4 is 0 Å². The van der Waals surface area contributed by atoms with E-state index in [1.807, 2.05) is 18.9 Å². The van der Waals surface area contributed by atoms with E-state index in [0.717, 1.165) is 0 Å². The topological polar surface area (TPSA) is 81.1 Å². The van der Waals surface area contributed by atoms with Crippen LogP contribution in [0, 0.1) is 11.8 Å². The molecule has 6 nitrogen and oxygen atoms in total. The predicted molar refractivity (Wildman–Crippen MR) is 74.3 cm³/mol. The van der Waals surface area contributed by atoms with E-state index in [2.05, 4.69) is 0 Å². The Morgan fingerprint density at radius 2 is 1.89 bits per heavy atom. The van der Waals surface area contributed by atoms with Crippen LogP contribution in [0.1, 0.15) is 13.3 Å². The van der Waals surface area contributed by atoms with E-state index in [4.69, 9.17) is 5.11 Å². The first-order valence-corrected chi connectivity index (χ1v) is 8.43. The number of rotatable bonds is 8. The molecule has 0 radical (unpaired) electrons. The second-order valence-corrected chi connectivity index (χ2v) is 7.41. The Morgan fingerprint density at radius 1 is 1.26 bits per heavy atom. The maximum atomic E-state index is 12.0. The Bertz CT molecular complexity index is 361. The van der Waals surface area contributed by atoms with Crippen LogP contribution in [0.4, 0.5) is 0 Å². The molecular weight excluding hydrogens is 268 g/mol. The van der Waals surface area contributed by atoms with Crippen molar-refractivity contribution in [1.82, 2.24) is 9.21 Å². The molecule has 114 valence electrons. The second kappa shape index (κ2) is 7.54. The molecule has 0 amide bonds. The average molecular weight is 294 g/mol. The van der Waals surface area contributed by atoms with Crippen molar-refractivity contribution in [3.63, 3.8) is 0 Å². The molecule has 1 rings (SSSR count). The molecule has 0 saturated carbocycles. The smallest absolute Gasteiger partial charge is 0.214 e.